The number of nitrogens with one attached hydrogen (secondary N) is 1. The van der Waals surface area contributed by atoms with Crippen molar-refractivity contribution in [1.82, 2.24) is 10.3 Å². The fourth-order valence-corrected chi connectivity index (χ4v) is 1.79. The zero-order valence-electron chi connectivity index (χ0n) is 11.6. The highest BCUT2D eigenvalue weighted by atomic mass is 79.9. The molecule has 7 nitrogen and oxygen atoms in total. The Kier molecular flexibility index (Phi) is 6.80. The minimum atomic E-state index is -1.50. The topological polar surface area (TPSA) is 94.6 Å². The van der Waals surface area contributed by atoms with Crippen molar-refractivity contribution in [3.63, 3.8) is 0 Å². The quantitative estimate of drug-likeness (QED) is 0.464. The minimum Gasteiger partial charge on any atom is -0.464 e. The van der Waals surface area contributed by atoms with Gasteiger partial charge in [-0.25, -0.2) is 14.6 Å². The molecule has 0 aromatic carbocycles. The Hall–Kier alpha value is -1.96. The number of carbonyl (C=O) groups is 3. The van der Waals surface area contributed by atoms with E-state index >= 15 is 0 Å². The zero-order valence-corrected chi connectivity index (χ0v) is 13.2. The van der Waals surface area contributed by atoms with Crippen molar-refractivity contribution in [2.24, 2.45) is 0 Å². The van der Waals surface area contributed by atoms with E-state index < -0.39 is 23.9 Å². The number of nitrogens with zero attached hydrogens (tertiary/aromatic N) is 1. The van der Waals surface area contributed by atoms with E-state index in [0.717, 1.165) is 0 Å². The number of carbonyl (C=O) groups excluding carboxylic acids is 3. The van der Waals surface area contributed by atoms with Crippen LogP contribution in [0.1, 0.15) is 24.2 Å². The maximum atomic E-state index is 12.0. The molecule has 0 aliphatic carbocycles. The molecule has 8 heteroatoms. The van der Waals surface area contributed by atoms with Crippen molar-refractivity contribution in [1.29, 1.82) is 0 Å². The van der Waals surface area contributed by atoms with Crippen LogP contribution < -0.4 is 5.32 Å². The summed E-state index contributed by atoms with van der Waals surface area (Å²) in [5.74, 6) is -2.33. The lowest BCUT2D eigenvalue weighted by Crippen LogP contribution is -2.48. The van der Waals surface area contributed by atoms with Crippen LogP contribution in [-0.2, 0) is 19.1 Å². The molecular formula is C13H15BrN2O5. The standard InChI is InChI=1S/C13H15BrN2O5/c1-3-20-12(18)10(13(19)21-4-2)16-11(17)8-5-6-15-9(14)7-8/h5-7,10H,3-4H2,1-2H3,(H,16,17). The van der Waals surface area contributed by atoms with Gasteiger partial charge in [0.25, 0.3) is 5.91 Å². The van der Waals surface area contributed by atoms with E-state index in [1.165, 1.54) is 18.3 Å². The van der Waals surface area contributed by atoms with Gasteiger partial charge in [0.1, 0.15) is 4.60 Å². The van der Waals surface area contributed by atoms with Crippen LogP contribution in [0.5, 0.6) is 0 Å². The smallest absolute Gasteiger partial charge is 0.340 e. The second kappa shape index (κ2) is 8.35. The number of hydrogen-bond acceptors (Lipinski definition) is 6. The maximum Gasteiger partial charge on any atom is 0.340 e. The van der Waals surface area contributed by atoms with Crippen LogP contribution in [0.25, 0.3) is 0 Å². The van der Waals surface area contributed by atoms with E-state index in [9.17, 15) is 14.4 Å². The summed E-state index contributed by atoms with van der Waals surface area (Å²) in [5, 5.41) is 2.29. The van der Waals surface area contributed by atoms with Crippen molar-refractivity contribution in [2.75, 3.05) is 13.2 Å². The van der Waals surface area contributed by atoms with Crippen LogP contribution in [0, 0.1) is 0 Å². The maximum absolute atomic E-state index is 12.0. The van der Waals surface area contributed by atoms with E-state index in [-0.39, 0.29) is 18.8 Å². The van der Waals surface area contributed by atoms with Crippen LogP contribution in [-0.4, -0.2) is 42.1 Å². The van der Waals surface area contributed by atoms with Crippen LogP contribution in [0.2, 0.25) is 0 Å². The summed E-state index contributed by atoms with van der Waals surface area (Å²) in [7, 11) is 0. The molecule has 1 heterocycles. The van der Waals surface area contributed by atoms with Gasteiger partial charge in [0, 0.05) is 11.8 Å². The SMILES string of the molecule is CCOC(=O)C(NC(=O)c1ccnc(Br)c1)C(=O)OCC. The summed E-state index contributed by atoms with van der Waals surface area (Å²) in [5.41, 5.74) is 0.246. The second-order valence-corrected chi connectivity index (χ2v) is 4.59. The highest BCUT2D eigenvalue weighted by Crippen LogP contribution is 2.08. The lowest BCUT2D eigenvalue weighted by Gasteiger charge is -2.15. The first kappa shape index (κ1) is 17.1. The first-order valence-corrected chi connectivity index (χ1v) is 7.04. The van der Waals surface area contributed by atoms with Gasteiger partial charge in [-0.2, -0.15) is 0 Å². The first-order chi connectivity index (χ1) is 9.99. The Labute approximate surface area is 130 Å². The Morgan fingerprint density at radius 2 is 1.81 bits per heavy atom. The minimum absolute atomic E-state index is 0.0887. The van der Waals surface area contributed by atoms with Crippen molar-refractivity contribution >= 4 is 33.8 Å². The van der Waals surface area contributed by atoms with Gasteiger partial charge in [-0.1, -0.05) is 0 Å². The molecule has 1 rings (SSSR count). The summed E-state index contributed by atoms with van der Waals surface area (Å²) in [6, 6.07) is 1.42. The highest BCUT2D eigenvalue weighted by Gasteiger charge is 2.31. The van der Waals surface area contributed by atoms with Crippen molar-refractivity contribution in [3.8, 4) is 0 Å². The van der Waals surface area contributed by atoms with Crippen LogP contribution in [0.15, 0.2) is 22.9 Å². The van der Waals surface area contributed by atoms with Gasteiger partial charge in [-0.15, -0.1) is 0 Å². The predicted molar refractivity (Wildman–Crippen MR) is 76.5 cm³/mol. The molecule has 0 spiro atoms. The van der Waals surface area contributed by atoms with E-state index in [4.69, 9.17) is 9.47 Å². The van der Waals surface area contributed by atoms with Gasteiger partial charge in [-0.05, 0) is 41.9 Å². The Bertz CT molecular complexity index is 517. The molecule has 0 unspecified atom stereocenters. The summed E-state index contributed by atoms with van der Waals surface area (Å²) in [4.78, 5) is 39.4. The van der Waals surface area contributed by atoms with Crippen LogP contribution in [0.4, 0.5) is 0 Å². The monoisotopic (exact) mass is 358 g/mol. The van der Waals surface area contributed by atoms with Crippen LogP contribution in [0.3, 0.4) is 0 Å². The lowest BCUT2D eigenvalue weighted by molar-refractivity contribution is -0.157. The molecule has 1 amide bonds. The molecule has 1 aromatic heterocycles. The molecule has 114 valence electrons. The number of halogens is 1. The summed E-state index contributed by atoms with van der Waals surface area (Å²) in [6.07, 6.45) is 1.42. The number of esters is 2. The predicted octanol–water partition coefficient (Wildman–Crippen LogP) is 1.07. The van der Waals surface area contributed by atoms with Crippen LogP contribution >= 0.6 is 15.9 Å². The molecule has 1 aromatic rings. The fourth-order valence-electron chi connectivity index (χ4n) is 1.42. The average Bonchev–Trinajstić information content (AvgIpc) is 2.44. The second-order valence-electron chi connectivity index (χ2n) is 3.78. The average molecular weight is 359 g/mol. The van der Waals surface area contributed by atoms with Crippen molar-refractivity contribution in [2.45, 2.75) is 19.9 Å². The Morgan fingerprint density at radius 3 is 2.29 bits per heavy atom. The summed E-state index contributed by atoms with van der Waals surface area (Å²) in [6.45, 7) is 3.38. The summed E-state index contributed by atoms with van der Waals surface area (Å²) < 4.78 is 9.97. The molecule has 0 aliphatic rings. The molecule has 0 atom stereocenters. The third-order valence-electron chi connectivity index (χ3n) is 2.31. The van der Waals surface area contributed by atoms with Gasteiger partial charge in [0.15, 0.2) is 0 Å². The van der Waals surface area contributed by atoms with Gasteiger partial charge in [0.05, 0.1) is 13.2 Å². The molecule has 1 N–H and O–H groups in total. The van der Waals surface area contributed by atoms with E-state index in [0.29, 0.717) is 4.60 Å². The van der Waals surface area contributed by atoms with Gasteiger partial charge >= 0.3 is 11.9 Å². The van der Waals surface area contributed by atoms with Gasteiger partial charge < -0.3 is 14.8 Å². The molecule has 0 aliphatic heterocycles. The number of pyridine rings is 1. The normalized spacial score (nSPS) is 10.1. The molecule has 0 saturated carbocycles. The Morgan fingerprint density at radius 1 is 1.24 bits per heavy atom. The molecule has 0 radical (unpaired) electrons. The highest BCUT2D eigenvalue weighted by molar-refractivity contribution is 9.10. The number of hydrogen-bond donors (Lipinski definition) is 1. The number of aromatic nitrogens is 1. The van der Waals surface area contributed by atoms with Crippen molar-refractivity contribution in [3.05, 3.63) is 28.5 Å². The number of amides is 1. The molecule has 21 heavy (non-hydrogen) atoms. The lowest BCUT2D eigenvalue weighted by atomic mass is 10.2. The molecular weight excluding hydrogens is 344 g/mol. The number of rotatable bonds is 6. The number of ether oxygens (including phenoxy) is 2. The third kappa shape index (κ3) is 5.14. The largest absolute Gasteiger partial charge is 0.464 e. The van der Waals surface area contributed by atoms with Gasteiger partial charge in [0.2, 0.25) is 6.04 Å². The third-order valence-corrected chi connectivity index (χ3v) is 2.74. The Balaban J connectivity index is 2.87. The molecule has 0 fully saturated rings. The summed E-state index contributed by atoms with van der Waals surface area (Å²) >= 11 is 3.13. The molecule has 0 saturated heterocycles. The van der Waals surface area contributed by atoms with Gasteiger partial charge in [-0.3, -0.25) is 4.79 Å². The fraction of sp³-hybridized carbons (Fsp3) is 0.385. The van der Waals surface area contributed by atoms with E-state index in [1.807, 2.05) is 0 Å². The zero-order chi connectivity index (χ0) is 15.8. The first-order valence-electron chi connectivity index (χ1n) is 6.25. The van der Waals surface area contributed by atoms with E-state index in [1.54, 1.807) is 13.8 Å². The van der Waals surface area contributed by atoms with Crippen molar-refractivity contribution < 1.29 is 23.9 Å². The molecule has 0 bridgehead atoms. The van der Waals surface area contributed by atoms with E-state index in [2.05, 4.69) is 26.2 Å².